The fraction of sp³-hybridized carbons (Fsp3) is 0.323. The highest BCUT2D eigenvalue weighted by atomic mass is 16.2. The van der Waals surface area contributed by atoms with Crippen LogP contribution in [0.4, 0.5) is 17.1 Å². The second-order valence-corrected chi connectivity index (χ2v) is 11.1. The van der Waals surface area contributed by atoms with Crippen molar-refractivity contribution in [2.45, 2.75) is 39.8 Å². The predicted molar refractivity (Wildman–Crippen MR) is 150 cm³/mol. The molecule has 2 aliphatic heterocycles. The van der Waals surface area contributed by atoms with E-state index in [1.165, 1.54) is 0 Å². The Morgan fingerprint density at radius 3 is 2.45 bits per heavy atom. The zero-order valence-electron chi connectivity index (χ0n) is 22.3. The Morgan fingerprint density at radius 2 is 1.74 bits per heavy atom. The summed E-state index contributed by atoms with van der Waals surface area (Å²) >= 11 is 0. The van der Waals surface area contributed by atoms with Crippen LogP contribution in [0.1, 0.15) is 60.8 Å². The van der Waals surface area contributed by atoms with Gasteiger partial charge in [0.15, 0.2) is 0 Å². The Morgan fingerprint density at radius 1 is 1.03 bits per heavy atom. The molecular weight excluding hydrogens is 474 g/mol. The summed E-state index contributed by atoms with van der Waals surface area (Å²) < 4.78 is 0. The Balaban J connectivity index is 1.43. The van der Waals surface area contributed by atoms with Gasteiger partial charge in [-0.05, 0) is 48.4 Å². The van der Waals surface area contributed by atoms with E-state index >= 15 is 0 Å². The summed E-state index contributed by atoms with van der Waals surface area (Å²) in [5, 5.41) is 15.9. The lowest BCUT2D eigenvalue weighted by molar-refractivity contribution is -0.123. The van der Waals surface area contributed by atoms with Gasteiger partial charge in [0.2, 0.25) is 5.91 Å². The van der Waals surface area contributed by atoms with Gasteiger partial charge in [-0.1, -0.05) is 57.2 Å². The minimum absolute atomic E-state index is 0.0658. The van der Waals surface area contributed by atoms with Crippen molar-refractivity contribution in [3.05, 3.63) is 89.0 Å². The van der Waals surface area contributed by atoms with E-state index in [2.05, 4.69) is 45.6 Å². The normalized spacial score (nSPS) is 19.4. The van der Waals surface area contributed by atoms with Crippen molar-refractivity contribution in [2.24, 2.45) is 5.41 Å². The number of hydrogen-bond donors (Lipinski definition) is 2. The molecule has 0 radical (unpaired) electrons. The number of rotatable bonds is 3. The molecule has 0 bridgehead atoms. The molecule has 1 unspecified atom stereocenters. The molecular formula is C31H33N5O2. The minimum Gasteiger partial charge on any atom is -0.368 e. The van der Waals surface area contributed by atoms with Crippen LogP contribution in [-0.2, 0) is 4.79 Å². The van der Waals surface area contributed by atoms with Gasteiger partial charge < -0.3 is 15.5 Å². The van der Waals surface area contributed by atoms with Crippen molar-refractivity contribution < 1.29 is 9.59 Å². The lowest BCUT2D eigenvalue weighted by Gasteiger charge is -2.45. The third-order valence-electron chi connectivity index (χ3n) is 7.41. The molecule has 3 aromatic carbocycles. The molecule has 2 N–H and O–H groups in total. The van der Waals surface area contributed by atoms with Gasteiger partial charge in [-0.3, -0.25) is 14.5 Å². The molecule has 0 saturated carbocycles. The van der Waals surface area contributed by atoms with E-state index in [1.807, 2.05) is 69.3 Å². The van der Waals surface area contributed by atoms with Gasteiger partial charge in [0, 0.05) is 48.0 Å². The Labute approximate surface area is 224 Å². The van der Waals surface area contributed by atoms with Gasteiger partial charge in [0.05, 0.1) is 17.3 Å². The van der Waals surface area contributed by atoms with E-state index in [0.717, 1.165) is 42.1 Å². The van der Waals surface area contributed by atoms with E-state index < -0.39 is 5.41 Å². The molecule has 2 amide bonds. The maximum absolute atomic E-state index is 13.0. The number of carbonyl (C=O) groups excluding carboxylic acids is 2. The average Bonchev–Trinajstić information content (AvgIpc) is 3.02. The van der Waals surface area contributed by atoms with Crippen LogP contribution in [0.5, 0.6) is 0 Å². The van der Waals surface area contributed by atoms with Gasteiger partial charge in [-0.25, -0.2) is 0 Å². The van der Waals surface area contributed by atoms with Gasteiger partial charge in [0.25, 0.3) is 5.91 Å². The smallest absolute Gasteiger partial charge is 0.256 e. The molecule has 5 rings (SSSR count). The van der Waals surface area contributed by atoms with Crippen molar-refractivity contribution >= 4 is 28.9 Å². The molecule has 3 aromatic rings. The highest BCUT2D eigenvalue weighted by Gasteiger charge is 2.36. The number of hydrogen-bond acceptors (Lipinski definition) is 5. The highest BCUT2D eigenvalue weighted by molar-refractivity contribution is 6.07. The van der Waals surface area contributed by atoms with Crippen LogP contribution in [0.15, 0.2) is 66.7 Å². The van der Waals surface area contributed by atoms with Gasteiger partial charge >= 0.3 is 0 Å². The Hall–Kier alpha value is -4.15. The number of amides is 2. The third kappa shape index (κ3) is 4.75. The quantitative estimate of drug-likeness (QED) is 0.495. The number of nitriles is 1. The van der Waals surface area contributed by atoms with Crippen molar-refractivity contribution in [3.63, 3.8) is 0 Å². The first-order valence-corrected chi connectivity index (χ1v) is 13.0. The molecule has 0 spiro atoms. The second-order valence-electron chi connectivity index (χ2n) is 11.1. The van der Waals surface area contributed by atoms with Gasteiger partial charge in [-0.2, -0.15) is 5.26 Å². The number of nitrogens with one attached hydrogen (secondary N) is 2. The maximum atomic E-state index is 13.0. The standard InChI is InChI=1S/C31H33N5O2/c1-20-19-35(27-14-13-22(17-21(27)18-32)33-30(38)31(2,3)4)15-16-36(20)28-23-9-5-6-10-24(23)29(37)34-26-12-8-7-11-25(26)28/h5-14,17,20,28H,15-16,19H2,1-4H3,(H,33,38)(H,34,37)/t20-,28?/m0/s1. The summed E-state index contributed by atoms with van der Waals surface area (Å²) in [5.74, 6) is -0.174. The third-order valence-corrected chi connectivity index (χ3v) is 7.41. The highest BCUT2D eigenvalue weighted by Crippen LogP contribution is 2.40. The van der Waals surface area contributed by atoms with Crippen LogP contribution >= 0.6 is 0 Å². The van der Waals surface area contributed by atoms with Crippen LogP contribution in [0.25, 0.3) is 0 Å². The summed E-state index contributed by atoms with van der Waals surface area (Å²) in [4.78, 5) is 30.2. The number of para-hydroxylation sites is 1. The van der Waals surface area contributed by atoms with Gasteiger partial charge in [-0.15, -0.1) is 0 Å². The Bertz CT molecular complexity index is 1430. The molecule has 1 saturated heterocycles. The lowest BCUT2D eigenvalue weighted by Crippen LogP contribution is -2.53. The summed E-state index contributed by atoms with van der Waals surface area (Å²) in [6.45, 7) is 10.00. The monoisotopic (exact) mass is 507 g/mol. The summed E-state index contributed by atoms with van der Waals surface area (Å²) in [6.07, 6.45) is 0. The topological polar surface area (TPSA) is 88.5 Å². The number of piperazine rings is 1. The van der Waals surface area contributed by atoms with Crippen molar-refractivity contribution in [1.29, 1.82) is 5.26 Å². The molecule has 38 heavy (non-hydrogen) atoms. The van der Waals surface area contributed by atoms with Crippen LogP contribution < -0.4 is 15.5 Å². The number of carbonyl (C=O) groups is 2. The molecule has 2 aliphatic rings. The molecule has 0 aliphatic carbocycles. The first-order valence-electron chi connectivity index (χ1n) is 13.0. The fourth-order valence-corrected chi connectivity index (χ4v) is 5.38. The van der Waals surface area contributed by atoms with E-state index in [1.54, 1.807) is 6.07 Å². The van der Waals surface area contributed by atoms with Crippen LogP contribution in [0, 0.1) is 16.7 Å². The van der Waals surface area contributed by atoms with E-state index in [9.17, 15) is 14.9 Å². The number of anilines is 3. The maximum Gasteiger partial charge on any atom is 0.256 e. The SMILES string of the molecule is C[C@H]1CN(c2ccc(NC(=O)C(C)(C)C)cc2C#N)CCN1C1c2ccccc2NC(=O)c2ccccc21. The molecule has 0 aromatic heterocycles. The van der Waals surface area contributed by atoms with Crippen LogP contribution in [-0.4, -0.2) is 42.4 Å². The average molecular weight is 508 g/mol. The number of nitrogens with zero attached hydrogens (tertiary/aromatic N) is 3. The molecule has 7 heteroatoms. The molecule has 194 valence electrons. The number of benzene rings is 3. The molecule has 7 nitrogen and oxygen atoms in total. The molecule has 1 fully saturated rings. The van der Waals surface area contributed by atoms with E-state index in [0.29, 0.717) is 16.8 Å². The second kappa shape index (κ2) is 9.96. The van der Waals surface area contributed by atoms with Crippen LogP contribution in [0.3, 0.4) is 0 Å². The minimum atomic E-state index is -0.521. The Kier molecular flexibility index (Phi) is 6.68. The molecule has 2 atom stereocenters. The number of fused-ring (bicyclic) bond motifs is 2. The zero-order chi connectivity index (χ0) is 27.0. The first kappa shape index (κ1) is 25.5. The van der Waals surface area contributed by atoms with Crippen molar-refractivity contribution in [1.82, 2.24) is 4.90 Å². The van der Waals surface area contributed by atoms with Gasteiger partial charge in [0.1, 0.15) is 6.07 Å². The fourth-order valence-electron chi connectivity index (χ4n) is 5.38. The molecule has 2 heterocycles. The van der Waals surface area contributed by atoms with E-state index in [-0.39, 0.29) is 23.9 Å². The largest absolute Gasteiger partial charge is 0.368 e. The summed E-state index contributed by atoms with van der Waals surface area (Å²) in [6, 6.07) is 23.8. The van der Waals surface area contributed by atoms with Crippen LogP contribution in [0.2, 0.25) is 0 Å². The zero-order valence-corrected chi connectivity index (χ0v) is 22.3. The van der Waals surface area contributed by atoms with Crippen molar-refractivity contribution in [3.8, 4) is 6.07 Å². The predicted octanol–water partition coefficient (Wildman–Crippen LogP) is 5.41. The summed E-state index contributed by atoms with van der Waals surface area (Å²) in [5.41, 5.74) is 5.14. The van der Waals surface area contributed by atoms with E-state index in [4.69, 9.17) is 0 Å². The van der Waals surface area contributed by atoms with Crippen molar-refractivity contribution in [2.75, 3.05) is 35.2 Å². The lowest BCUT2D eigenvalue weighted by atomic mass is 9.91. The first-order chi connectivity index (χ1) is 18.2. The summed E-state index contributed by atoms with van der Waals surface area (Å²) in [7, 11) is 0.